The molecule has 82 valence electrons. The van der Waals surface area contributed by atoms with Gasteiger partial charge in [-0.15, -0.1) is 0 Å². The van der Waals surface area contributed by atoms with E-state index in [9.17, 15) is 0 Å². The van der Waals surface area contributed by atoms with Crippen molar-refractivity contribution in [3.63, 3.8) is 0 Å². The second-order valence-electron chi connectivity index (χ2n) is 3.99. The Morgan fingerprint density at radius 3 is 3.19 bits per heavy atom. The summed E-state index contributed by atoms with van der Waals surface area (Å²) in [6.45, 7) is 0.691. The van der Waals surface area contributed by atoms with E-state index in [-0.39, 0.29) is 5.01 Å². The molecule has 0 saturated heterocycles. The molecule has 1 unspecified atom stereocenters. The third-order valence-electron chi connectivity index (χ3n) is 3.02. The van der Waals surface area contributed by atoms with Gasteiger partial charge in [0.05, 0.1) is 19.1 Å². The summed E-state index contributed by atoms with van der Waals surface area (Å²) < 4.78 is 11.4. The molecule has 0 amide bonds. The van der Waals surface area contributed by atoms with Gasteiger partial charge in [0, 0.05) is 29.5 Å². The van der Waals surface area contributed by atoms with E-state index in [1.165, 1.54) is 11.1 Å². The summed E-state index contributed by atoms with van der Waals surface area (Å²) in [6, 6.07) is 4.12. The first-order chi connectivity index (χ1) is 7.79. The minimum atomic E-state index is 0.0258. The van der Waals surface area contributed by atoms with Gasteiger partial charge in [-0.1, -0.05) is 0 Å². The van der Waals surface area contributed by atoms with Crippen LogP contribution in [0.4, 0.5) is 0 Å². The Labute approximate surface area is 102 Å². The average molecular weight is 280 g/mol. The molecule has 0 N–H and O–H groups in total. The predicted molar refractivity (Wildman–Crippen MR) is 62.0 cm³/mol. The summed E-state index contributed by atoms with van der Waals surface area (Å²) in [6.07, 6.45) is 2.10. The van der Waals surface area contributed by atoms with Crippen LogP contribution in [0.5, 0.6) is 11.5 Å². The fourth-order valence-electron chi connectivity index (χ4n) is 2.38. The lowest BCUT2D eigenvalue weighted by Gasteiger charge is -2.31. The van der Waals surface area contributed by atoms with Crippen LogP contribution in [0.1, 0.15) is 16.7 Å². The highest BCUT2D eigenvalue weighted by molar-refractivity contribution is 9.09. The predicted octanol–water partition coefficient (Wildman–Crippen LogP) is 2.34. The van der Waals surface area contributed by atoms with Gasteiger partial charge in [0.1, 0.15) is 11.5 Å². The smallest absolute Gasteiger partial charge is 0.157 e. The van der Waals surface area contributed by atoms with Crippen LogP contribution in [0.25, 0.3) is 0 Å². The monoisotopic (exact) mass is 279 g/mol. The van der Waals surface area contributed by atoms with Crippen molar-refractivity contribution >= 4 is 15.9 Å². The average Bonchev–Trinajstić information content (AvgIpc) is 2.24. The zero-order valence-electron chi connectivity index (χ0n) is 8.62. The fraction of sp³-hybridized carbons (Fsp3) is 0.417. The fourth-order valence-corrected chi connectivity index (χ4v) is 2.90. The first-order valence-electron chi connectivity index (χ1n) is 5.27. The van der Waals surface area contributed by atoms with Gasteiger partial charge in [0.25, 0.3) is 0 Å². The first-order valence-corrected chi connectivity index (χ1v) is 6.19. The molecular formula is C12H10BrNO2. The maximum absolute atomic E-state index is 8.80. The largest absolute Gasteiger partial charge is 0.493 e. The molecule has 2 heterocycles. The van der Waals surface area contributed by atoms with Crippen LogP contribution in [0.3, 0.4) is 0 Å². The van der Waals surface area contributed by atoms with Crippen LogP contribution >= 0.6 is 15.9 Å². The third kappa shape index (κ3) is 1.39. The zero-order chi connectivity index (χ0) is 11.1. The molecule has 0 spiro atoms. The number of hydrogen-bond donors (Lipinski definition) is 0. The molecule has 1 atom stereocenters. The van der Waals surface area contributed by atoms with Crippen molar-refractivity contribution in [3.05, 3.63) is 22.8 Å². The van der Waals surface area contributed by atoms with Crippen molar-refractivity contribution in [2.45, 2.75) is 24.3 Å². The summed E-state index contributed by atoms with van der Waals surface area (Å²) in [4.78, 5) is 0. The van der Waals surface area contributed by atoms with Gasteiger partial charge < -0.3 is 9.47 Å². The number of alkyl halides is 1. The highest BCUT2D eigenvalue weighted by atomic mass is 79.9. The van der Waals surface area contributed by atoms with Crippen molar-refractivity contribution in [2.24, 2.45) is 0 Å². The quantitative estimate of drug-likeness (QED) is 0.741. The van der Waals surface area contributed by atoms with Gasteiger partial charge in [0.2, 0.25) is 0 Å². The highest BCUT2D eigenvalue weighted by Gasteiger charge is 2.30. The molecule has 0 aromatic heterocycles. The van der Waals surface area contributed by atoms with E-state index in [4.69, 9.17) is 14.7 Å². The molecule has 3 nitrogen and oxygen atoms in total. The number of ether oxygens (including phenoxy) is 2. The van der Waals surface area contributed by atoms with Crippen molar-refractivity contribution in [2.75, 3.05) is 6.61 Å². The van der Waals surface area contributed by atoms with Crippen LogP contribution in [0.15, 0.2) is 6.07 Å². The Morgan fingerprint density at radius 1 is 1.50 bits per heavy atom. The number of hydrogen-bond acceptors (Lipinski definition) is 3. The minimum absolute atomic E-state index is 0.0258. The number of nitrogens with zero attached hydrogens (tertiary/aromatic N) is 1. The molecule has 16 heavy (non-hydrogen) atoms. The first kappa shape index (κ1) is 9.98. The van der Waals surface area contributed by atoms with E-state index in [0.29, 0.717) is 13.0 Å². The van der Waals surface area contributed by atoms with Crippen LogP contribution in [0.2, 0.25) is 0 Å². The summed E-state index contributed by atoms with van der Waals surface area (Å²) in [5.74, 6) is 1.83. The Morgan fingerprint density at radius 2 is 2.38 bits per heavy atom. The van der Waals surface area contributed by atoms with Crippen molar-refractivity contribution in [3.8, 4) is 17.6 Å². The second-order valence-corrected chi connectivity index (χ2v) is 5.01. The molecule has 3 rings (SSSR count). The standard InChI is InChI=1S/C12H10BrNO2/c13-11-6-9-8-2-4-15-12(9)7(1-3-14)5-10(8)16-11/h5,11H,1-2,4,6H2. The Kier molecular flexibility index (Phi) is 2.29. The number of benzene rings is 1. The van der Waals surface area contributed by atoms with Crippen LogP contribution < -0.4 is 9.47 Å². The van der Waals surface area contributed by atoms with E-state index >= 15 is 0 Å². The van der Waals surface area contributed by atoms with E-state index in [2.05, 4.69) is 22.0 Å². The van der Waals surface area contributed by atoms with Crippen molar-refractivity contribution in [1.82, 2.24) is 0 Å². The van der Waals surface area contributed by atoms with E-state index in [0.717, 1.165) is 29.9 Å². The second kappa shape index (κ2) is 3.67. The topological polar surface area (TPSA) is 42.2 Å². The Balaban J connectivity index is 2.19. The van der Waals surface area contributed by atoms with Gasteiger partial charge in [-0.2, -0.15) is 5.26 Å². The SMILES string of the molecule is N#CCc1cc2c3c(c1OCC3)CC(Br)O2. The molecule has 0 aliphatic carbocycles. The lowest BCUT2D eigenvalue weighted by molar-refractivity contribution is 0.244. The van der Waals surface area contributed by atoms with Crippen molar-refractivity contribution in [1.29, 1.82) is 5.26 Å². The van der Waals surface area contributed by atoms with Gasteiger partial charge in [0.15, 0.2) is 5.01 Å². The van der Waals surface area contributed by atoms with Crippen molar-refractivity contribution < 1.29 is 9.47 Å². The molecule has 0 fully saturated rings. The molecular weight excluding hydrogens is 270 g/mol. The molecule has 2 aliphatic rings. The molecule has 1 aromatic carbocycles. The normalized spacial score (nSPS) is 20.6. The number of nitriles is 1. The van der Waals surface area contributed by atoms with Crippen LogP contribution in [-0.2, 0) is 19.3 Å². The van der Waals surface area contributed by atoms with Crippen LogP contribution in [0, 0.1) is 11.3 Å². The lowest BCUT2D eigenvalue weighted by atomic mass is 9.92. The highest BCUT2D eigenvalue weighted by Crippen LogP contribution is 2.43. The maximum Gasteiger partial charge on any atom is 0.157 e. The summed E-state index contributed by atoms with van der Waals surface area (Å²) in [5.41, 5.74) is 3.44. The Bertz CT molecular complexity index is 493. The summed E-state index contributed by atoms with van der Waals surface area (Å²) in [5, 5.41) is 8.82. The van der Waals surface area contributed by atoms with E-state index in [1.54, 1.807) is 0 Å². The molecule has 2 aliphatic heterocycles. The summed E-state index contributed by atoms with van der Waals surface area (Å²) >= 11 is 3.47. The van der Waals surface area contributed by atoms with E-state index in [1.807, 2.05) is 6.07 Å². The molecule has 1 aromatic rings. The maximum atomic E-state index is 8.80. The molecule has 0 radical (unpaired) electrons. The van der Waals surface area contributed by atoms with Gasteiger partial charge in [-0.25, -0.2) is 0 Å². The van der Waals surface area contributed by atoms with Gasteiger partial charge in [-0.05, 0) is 22.0 Å². The third-order valence-corrected chi connectivity index (χ3v) is 3.53. The van der Waals surface area contributed by atoms with E-state index < -0.39 is 0 Å². The molecule has 0 saturated carbocycles. The number of rotatable bonds is 1. The summed E-state index contributed by atoms with van der Waals surface area (Å²) in [7, 11) is 0. The Hall–Kier alpha value is -1.21. The van der Waals surface area contributed by atoms with Gasteiger partial charge >= 0.3 is 0 Å². The molecule has 4 bridgehead atoms. The minimum Gasteiger partial charge on any atom is -0.493 e. The van der Waals surface area contributed by atoms with Gasteiger partial charge in [-0.3, -0.25) is 0 Å². The molecule has 4 heteroatoms. The lowest BCUT2D eigenvalue weighted by Crippen LogP contribution is -2.25. The zero-order valence-corrected chi connectivity index (χ0v) is 10.2. The van der Waals surface area contributed by atoms with Crippen LogP contribution in [-0.4, -0.2) is 11.6 Å². The number of halogens is 1.